The highest BCUT2D eigenvalue weighted by molar-refractivity contribution is 7.98. The number of ether oxygens (including phenoxy) is 1. The second kappa shape index (κ2) is 6.40. The quantitative estimate of drug-likeness (QED) is 0.551. The standard InChI is InChI=1S/C18H19N5OS/c1-4-24-14-5-6-15-16(8-14)22-18(21-15)25-10-13-9-23-12(3)7-11(2)19-17(23)20-13/h5-9H,4,10H2,1-3H3,(H,21,22). The number of nitrogens with one attached hydrogen (secondary N) is 1. The summed E-state index contributed by atoms with van der Waals surface area (Å²) in [4.78, 5) is 17.0. The Hall–Kier alpha value is -2.54. The summed E-state index contributed by atoms with van der Waals surface area (Å²) >= 11 is 1.63. The molecule has 0 fully saturated rings. The summed E-state index contributed by atoms with van der Waals surface area (Å²) in [6, 6.07) is 7.96. The maximum atomic E-state index is 5.53. The molecule has 0 atom stereocenters. The molecule has 0 unspecified atom stereocenters. The normalized spacial score (nSPS) is 11.5. The molecule has 3 heterocycles. The Morgan fingerprint density at radius 1 is 1.16 bits per heavy atom. The average Bonchev–Trinajstić information content (AvgIpc) is 3.16. The molecule has 25 heavy (non-hydrogen) atoms. The topological polar surface area (TPSA) is 68.1 Å². The lowest BCUT2D eigenvalue weighted by atomic mass is 10.3. The Labute approximate surface area is 149 Å². The Balaban J connectivity index is 1.54. The molecule has 7 heteroatoms. The van der Waals surface area contributed by atoms with Gasteiger partial charge in [0.15, 0.2) is 5.16 Å². The monoisotopic (exact) mass is 353 g/mol. The number of rotatable bonds is 5. The Morgan fingerprint density at radius 2 is 2.04 bits per heavy atom. The van der Waals surface area contributed by atoms with Crippen molar-refractivity contribution in [1.82, 2.24) is 24.3 Å². The van der Waals surface area contributed by atoms with Crippen molar-refractivity contribution < 1.29 is 4.74 Å². The van der Waals surface area contributed by atoms with Gasteiger partial charge in [-0.05, 0) is 39.0 Å². The maximum Gasteiger partial charge on any atom is 0.234 e. The predicted molar refractivity (Wildman–Crippen MR) is 99.3 cm³/mol. The lowest BCUT2D eigenvalue weighted by Gasteiger charge is -2.00. The van der Waals surface area contributed by atoms with Gasteiger partial charge in [-0.25, -0.2) is 15.0 Å². The van der Waals surface area contributed by atoms with E-state index in [9.17, 15) is 0 Å². The van der Waals surface area contributed by atoms with Gasteiger partial charge in [-0.3, -0.25) is 4.40 Å². The fraction of sp³-hybridized carbons (Fsp3) is 0.278. The van der Waals surface area contributed by atoms with Crippen molar-refractivity contribution in [3.63, 3.8) is 0 Å². The molecule has 6 nitrogen and oxygen atoms in total. The van der Waals surface area contributed by atoms with Crippen LogP contribution in [0.5, 0.6) is 5.75 Å². The third-order valence-electron chi connectivity index (χ3n) is 3.91. The molecule has 0 aliphatic rings. The van der Waals surface area contributed by atoms with E-state index in [1.807, 2.05) is 42.6 Å². The van der Waals surface area contributed by atoms with Crippen LogP contribution in [0.4, 0.5) is 0 Å². The van der Waals surface area contributed by atoms with Crippen molar-refractivity contribution in [2.75, 3.05) is 6.61 Å². The van der Waals surface area contributed by atoms with Crippen LogP contribution < -0.4 is 4.74 Å². The van der Waals surface area contributed by atoms with E-state index >= 15 is 0 Å². The molecule has 0 bridgehead atoms. The van der Waals surface area contributed by atoms with Crippen molar-refractivity contribution in [2.45, 2.75) is 31.7 Å². The summed E-state index contributed by atoms with van der Waals surface area (Å²) in [6.07, 6.45) is 2.04. The molecule has 0 aliphatic carbocycles. The molecule has 128 valence electrons. The van der Waals surface area contributed by atoms with Crippen LogP contribution in [0.15, 0.2) is 35.6 Å². The van der Waals surface area contributed by atoms with Gasteiger partial charge in [0.1, 0.15) is 5.75 Å². The van der Waals surface area contributed by atoms with Crippen molar-refractivity contribution in [1.29, 1.82) is 0 Å². The SMILES string of the molecule is CCOc1ccc2nc(SCc3cn4c(C)cc(C)nc4n3)[nH]c2c1. The van der Waals surface area contributed by atoms with Gasteiger partial charge in [-0.2, -0.15) is 0 Å². The number of imidazole rings is 2. The largest absolute Gasteiger partial charge is 0.494 e. The first-order valence-corrected chi connectivity index (χ1v) is 9.18. The second-order valence-electron chi connectivity index (χ2n) is 5.88. The van der Waals surface area contributed by atoms with Crippen LogP contribution in [0.25, 0.3) is 16.8 Å². The molecule has 4 aromatic rings. The molecule has 0 saturated heterocycles. The van der Waals surface area contributed by atoms with E-state index in [0.717, 1.165) is 50.6 Å². The van der Waals surface area contributed by atoms with Crippen LogP contribution in [-0.4, -0.2) is 30.9 Å². The third kappa shape index (κ3) is 3.19. The van der Waals surface area contributed by atoms with Gasteiger partial charge in [-0.15, -0.1) is 0 Å². The molecule has 4 rings (SSSR count). The van der Waals surface area contributed by atoms with Gasteiger partial charge in [0.25, 0.3) is 0 Å². The fourth-order valence-corrected chi connectivity index (χ4v) is 3.59. The number of benzene rings is 1. The van der Waals surface area contributed by atoms with Crippen LogP contribution in [-0.2, 0) is 5.75 Å². The van der Waals surface area contributed by atoms with Crippen LogP contribution in [0.2, 0.25) is 0 Å². The molecule has 0 radical (unpaired) electrons. The number of H-pyrrole nitrogens is 1. The van der Waals surface area contributed by atoms with E-state index in [1.165, 1.54) is 0 Å². The van der Waals surface area contributed by atoms with Gasteiger partial charge >= 0.3 is 0 Å². The van der Waals surface area contributed by atoms with Crippen LogP contribution in [0.3, 0.4) is 0 Å². The number of fused-ring (bicyclic) bond motifs is 2. The average molecular weight is 353 g/mol. The fourth-order valence-electron chi connectivity index (χ4n) is 2.82. The van der Waals surface area contributed by atoms with Gasteiger partial charge in [0.05, 0.1) is 23.3 Å². The van der Waals surface area contributed by atoms with E-state index in [0.29, 0.717) is 6.61 Å². The number of aromatic amines is 1. The predicted octanol–water partition coefficient (Wildman–Crippen LogP) is 3.91. The number of nitrogens with zero attached hydrogens (tertiary/aromatic N) is 4. The lowest BCUT2D eigenvalue weighted by molar-refractivity contribution is 0.340. The van der Waals surface area contributed by atoms with E-state index < -0.39 is 0 Å². The lowest BCUT2D eigenvalue weighted by Crippen LogP contribution is -1.94. The minimum absolute atomic E-state index is 0.655. The highest BCUT2D eigenvalue weighted by Crippen LogP contribution is 2.25. The molecule has 0 saturated carbocycles. The van der Waals surface area contributed by atoms with Crippen molar-refractivity contribution in [3.05, 3.63) is 47.5 Å². The highest BCUT2D eigenvalue weighted by Gasteiger charge is 2.09. The summed E-state index contributed by atoms with van der Waals surface area (Å²) in [5.74, 6) is 2.34. The summed E-state index contributed by atoms with van der Waals surface area (Å²) in [5, 5.41) is 0.876. The van der Waals surface area contributed by atoms with Crippen molar-refractivity contribution in [3.8, 4) is 5.75 Å². The Morgan fingerprint density at radius 3 is 2.88 bits per heavy atom. The van der Waals surface area contributed by atoms with E-state index in [-0.39, 0.29) is 0 Å². The zero-order valence-electron chi connectivity index (χ0n) is 14.4. The van der Waals surface area contributed by atoms with Gasteiger partial charge < -0.3 is 9.72 Å². The summed E-state index contributed by atoms with van der Waals surface area (Å²) in [5.41, 5.74) is 5.03. The molecule has 1 N–H and O–H groups in total. The molecular weight excluding hydrogens is 334 g/mol. The number of hydrogen-bond acceptors (Lipinski definition) is 5. The van der Waals surface area contributed by atoms with Crippen LogP contribution in [0.1, 0.15) is 24.0 Å². The summed E-state index contributed by atoms with van der Waals surface area (Å²) in [7, 11) is 0. The smallest absolute Gasteiger partial charge is 0.234 e. The van der Waals surface area contributed by atoms with Gasteiger partial charge in [0, 0.05) is 29.4 Å². The van der Waals surface area contributed by atoms with E-state index in [4.69, 9.17) is 4.74 Å². The summed E-state index contributed by atoms with van der Waals surface area (Å²) < 4.78 is 7.56. The van der Waals surface area contributed by atoms with E-state index in [1.54, 1.807) is 11.8 Å². The van der Waals surface area contributed by atoms with Crippen LogP contribution >= 0.6 is 11.8 Å². The zero-order chi connectivity index (χ0) is 17.4. The van der Waals surface area contributed by atoms with Crippen molar-refractivity contribution in [2.24, 2.45) is 0 Å². The molecule has 0 spiro atoms. The molecule has 0 aliphatic heterocycles. The second-order valence-corrected chi connectivity index (χ2v) is 6.85. The number of hydrogen-bond donors (Lipinski definition) is 1. The minimum Gasteiger partial charge on any atom is -0.494 e. The number of aromatic nitrogens is 5. The maximum absolute atomic E-state index is 5.53. The molecule has 1 aromatic carbocycles. The van der Waals surface area contributed by atoms with Crippen molar-refractivity contribution >= 4 is 28.6 Å². The highest BCUT2D eigenvalue weighted by atomic mass is 32.2. The third-order valence-corrected chi connectivity index (χ3v) is 4.82. The first-order valence-electron chi connectivity index (χ1n) is 8.20. The molecular formula is C18H19N5OS. The molecule has 3 aromatic heterocycles. The van der Waals surface area contributed by atoms with Gasteiger partial charge in [-0.1, -0.05) is 11.8 Å². The zero-order valence-corrected chi connectivity index (χ0v) is 15.2. The first-order chi connectivity index (χ1) is 12.1. The van der Waals surface area contributed by atoms with Gasteiger partial charge in [0.2, 0.25) is 5.78 Å². The Kier molecular flexibility index (Phi) is 4.09. The number of aryl methyl sites for hydroxylation is 2. The summed E-state index contributed by atoms with van der Waals surface area (Å²) in [6.45, 7) is 6.68. The molecule has 0 amide bonds. The first kappa shape index (κ1) is 16.0. The number of thioether (sulfide) groups is 1. The van der Waals surface area contributed by atoms with E-state index in [2.05, 4.69) is 32.9 Å². The minimum atomic E-state index is 0.655. The Bertz CT molecular complexity index is 1050. The van der Waals surface area contributed by atoms with Crippen LogP contribution in [0, 0.1) is 13.8 Å².